The molecule has 0 aromatic rings. The van der Waals surface area contributed by atoms with E-state index in [2.05, 4.69) is 0 Å². The minimum absolute atomic E-state index is 0.0406. The first-order chi connectivity index (χ1) is 7.39. The predicted molar refractivity (Wildman–Crippen MR) is 54.9 cm³/mol. The Morgan fingerprint density at radius 2 is 2.00 bits per heavy atom. The highest BCUT2D eigenvalue weighted by molar-refractivity contribution is 5.78. The molecule has 0 aliphatic carbocycles. The van der Waals surface area contributed by atoms with E-state index in [0.29, 0.717) is 19.6 Å². The van der Waals surface area contributed by atoms with Gasteiger partial charge in [-0.05, 0) is 13.0 Å². The molecule has 0 atom stereocenters. The molecule has 4 nitrogen and oxygen atoms in total. The molecule has 0 rings (SSSR count). The molecule has 0 aromatic heterocycles. The number of hydrogen-bond acceptors (Lipinski definition) is 3. The molecule has 3 N–H and O–H groups in total. The quantitative estimate of drug-likeness (QED) is 0.675. The fourth-order valence-corrected chi connectivity index (χ4v) is 1.23. The Balaban J connectivity index is 3.90. The molecule has 16 heavy (non-hydrogen) atoms. The molecule has 0 unspecified atom stereocenters. The molecule has 0 saturated carbocycles. The van der Waals surface area contributed by atoms with Gasteiger partial charge in [-0.25, -0.2) is 0 Å². The van der Waals surface area contributed by atoms with Crippen molar-refractivity contribution in [2.45, 2.75) is 19.5 Å². The maximum Gasteiger partial charge on any atom is 0.405 e. The molecule has 0 saturated heterocycles. The van der Waals surface area contributed by atoms with Gasteiger partial charge in [-0.2, -0.15) is 13.2 Å². The van der Waals surface area contributed by atoms with Crippen molar-refractivity contribution in [3.8, 4) is 0 Å². The maximum absolute atomic E-state index is 11.8. The van der Waals surface area contributed by atoms with E-state index >= 15 is 0 Å². The highest BCUT2D eigenvalue weighted by atomic mass is 19.4. The second-order valence-electron chi connectivity index (χ2n) is 3.46. The van der Waals surface area contributed by atoms with Crippen molar-refractivity contribution >= 4 is 5.91 Å². The fourth-order valence-electron chi connectivity index (χ4n) is 1.23. The van der Waals surface area contributed by atoms with Gasteiger partial charge in [-0.1, -0.05) is 6.92 Å². The van der Waals surface area contributed by atoms with Crippen LogP contribution in [0.3, 0.4) is 0 Å². The van der Waals surface area contributed by atoms with Crippen molar-refractivity contribution in [1.82, 2.24) is 10.2 Å². The Hall–Kier alpha value is -0.820. The molecule has 0 bridgehead atoms. The van der Waals surface area contributed by atoms with Gasteiger partial charge < -0.3 is 11.1 Å². The molecule has 7 heteroatoms. The van der Waals surface area contributed by atoms with Gasteiger partial charge in [-0.15, -0.1) is 0 Å². The summed E-state index contributed by atoms with van der Waals surface area (Å²) in [6.07, 6.45) is -3.54. The molecule has 1 amide bonds. The second kappa shape index (κ2) is 7.45. The lowest BCUT2D eigenvalue weighted by molar-refractivity contribution is -0.139. The summed E-state index contributed by atoms with van der Waals surface area (Å²) in [7, 11) is 0. The first-order valence-corrected chi connectivity index (χ1v) is 5.15. The van der Waals surface area contributed by atoms with Crippen LogP contribution in [0.5, 0.6) is 0 Å². The molecular formula is C9H18F3N3O. The minimum Gasteiger partial charge on any atom is -0.346 e. The Morgan fingerprint density at radius 3 is 2.44 bits per heavy atom. The minimum atomic E-state index is -4.36. The zero-order valence-electron chi connectivity index (χ0n) is 9.31. The zero-order chi connectivity index (χ0) is 12.6. The van der Waals surface area contributed by atoms with E-state index in [-0.39, 0.29) is 6.54 Å². The third-order valence-corrected chi connectivity index (χ3v) is 1.84. The van der Waals surface area contributed by atoms with E-state index < -0.39 is 18.6 Å². The number of amides is 1. The maximum atomic E-state index is 11.8. The van der Waals surface area contributed by atoms with Crippen molar-refractivity contribution in [3.05, 3.63) is 0 Å². The van der Waals surface area contributed by atoms with Gasteiger partial charge in [0.25, 0.3) is 0 Å². The highest BCUT2D eigenvalue weighted by Crippen LogP contribution is 2.11. The van der Waals surface area contributed by atoms with Crippen molar-refractivity contribution in [2.24, 2.45) is 5.73 Å². The summed E-state index contributed by atoms with van der Waals surface area (Å²) in [4.78, 5) is 12.9. The number of halogens is 3. The van der Waals surface area contributed by atoms with Crippen LogP contribution in [0.15, 0.2) is 0 Å². The van der Waals surface area contributed by atoms with Crippen LogP contribution in [0.4, 0.5) is 13.2 Å². The molecule has 0 spiro atoms. The second-order valence-corrected chi connectivity index (χ2v) is 3.46. The third-order valence-electron chi connectivity index (χ3n) is 1.84. The number of carbonyl (C=O) groups excluding carboxylic acids is 1. The van der Waals surface area contributed by atoms with Gasteiger partial charge in [0.05, 0.1) is 6.54 Å². The average Bonchev–Trinajstić information content (AvgIpc) is 2.14. The van der Waals surface area contributed by atoms with Crippen LogP contribution in [-0.4, -0.2) is 49.7 Å². The number of carbonyl (C=O) groups is 1. The topological polar surface area (TPSA) is 58.4 Å². The van der Waals surface area contributed by atoms with E-state index in [1.54, 1.807) is 4.90 Å². The van der Waals surface area contributed by atoms with E-state index in [1.165, 1.54) is 0 Å². The van der Waals surface area contributed by atoms with Crippen LogP contribution in [0.1, 0.15) is 13.3 Å². The third kappa shape index (κ3) is 8.49. The van der Waals surface area contributed by atoms with E-state index in [9.17, 15) is 18.0 Å². The molecule has 0 radical (unpaired) electrons. The van der Waals surface area contributed by atoms with Gasteiger partial charge in [0.2, 0.25) is 5.91 Å². The predicted octanol–water partition coefficient (Wildman–Crippen LogP) is 0.336. The standard InChI is InChI=1S/C9H18F3N3O/c1-2-4-15(5-3-13)6-8(16)14-7-9(10,11)12/h2-7,13H2,1H3,(H,14,16). The van der Waals surface area contributed by atoms with E-state index in [0.717, 1.165) is 6.42 Å². The Labute approximate surface area is 93.0 Å². The zero-order valence-corrected chi connectivity index (χ0v) is 9.31. The largest absolute Gasteiger partial charge is 0.405 e. The Morgan fingerprint density at radius 1 is 1.38 bits per heavy atom. The monoisotopic (exact) mass is 241 g/mol. The van der Waals surface area contributed by atoms with E-state index in [4.69, 9.17) is 5.73 Å². The number of alkyl halides is 3. The molecule has 0 heterocycles. The van der Waals surface area contributed by atoms with Crippen LogP contribution in [0.25, 0.3) is 0 Å². The summed E-state index contributed by atoms with van der Waals surface area (Å²) in [5.74, 6) is -0.626. The Kier molecular flexibility index (Phi) is 7.07. The number of nitrogens with one attached hydrogen (secondary N) is 1. The normalized spacial score (nSPS) is 11.9. The van der Waals surface area contributed by atoms with E-state index in [1.807, 2.05) is 12.2 Å². The number of nitrogens with two attached hydrogens (primary N) is 1. The summed E-state index contributed by atoms with van der Waals surface area (Å²) >= 11 is 0. The van der Waals surface area contributed by atoms with Crippen LogP contribution >= 0.6 is 0 Å². The SMILES string of the molecule is CCCN(CCN)CC(=O)NCC(F)(F)F. The highest BCUT2D eigenvalue weighted by Gasteiger charge is 2.27. The average molecular weight is 241 g/mol. The molecular weight excluding hydrogens is 223 g/mol. The van der Waals surface area contributed by atoms with Gasteiger partial charge in [-0.3, -0.25) is 9.69 Å². The van der Waals surface area contributed by atoms with Gasteiger partial charge in [0.15, 0.2) is 0 Å². The van der Waals surface area contributed by atoms with Crippen molar-refractivity contribution in [2.75, 3.05) is 32.7 Å². The van der Waals surface area contributed by atoms with Crippen molar-refractivity contribution < 1.29 is 18.0 Å². The Bertz CT molecular complexity index is 203. The lowest BCUT2D eigenvalue weighted by Crippen LogP contribution is -2.42. The summed E-state index contributed by atoms with van der Waals surface area (Å²) in [6, 6.07) is 0. The summed E-state index contributed by atoms with van der Waals surface area (Å²) in [5.41, 5.74) is 5.33. The first kappa shape index (κ1) is 15.2. The van der Waals surface area contributed by atoms with Crippen LogP contribution in [-0.2, 0) is 4.79 Å². The summed E-state index contributed by atoms with van der Waals surface area (Å²) < 4.78 is 35.4. The first-order valence-electron chi connectivity index (χ1n) is 5.15. The van der Waals surface area contributed by atoms with Crippen LogP contribution < -0.4 is 11.1 Å². The summed E-state index contributed by atoms with van der Waals surface area (Å²) in [5, 5.41) is 1.82. The van der Waals surface area contributed by atoms with Crippen molar-refractivity contribution in [1.29, 1.82) is 0 Å². The van der Waals surface area contributed by atoms with Crippen molar-refractivity contribution in [3.63, 3.8) is 0 Å². The van der Waals surface area contributed by atoms with Gasteiger partial charge in [0, 0.05) is 13.1 Å². The van der Waals surface area contributed by atoms with Gasteiger partial charge in [0.1, 0.15) is 6.54 Å². The molecule has 0 aromatic carbocycles. The van der Waals surface area contributed by atoms with Crippen LogP contribution in [0, 0.1) is 0 Å². The van der Waals surface area contributed by atoms with Gasteiger partial charge >= 0.3 is 6.18 Å². The number of hydrogen-bond donors (Lipinski definition) is 2. The smallest absolute Gasteiger partial charge is 0.346 e. The lowest BCUT2D eigenvalue weighted by Gasteiger charge is -2.20. The fraction of sp³-hybridized carbons (Fsp3) is 0.889. The number of nitrogens with zero attached hydrogens (tertiary/aromatic N) is 1. The number of rotatable bonds is 7. The summed E-state index contributed by atoms with van der Waals surface area (Å²) in [6.45, 7) is 2.14. The molecule has 0 aliphatic rings. The molecule has 0 fully saturated rings. The molecule has 96 valence electrons. The lowest BCUT2D eigenvalue weighted by atomic mass is 10.3. The molecule has 0 aliphatic heterocycles. The van der Waals surface area contributed by atoms with Crippen LogP contribution in [0.2, 0.25) is 0 Å².